The number of fused-ring (bicyclic) bond motifs is 1. The normalized spacial score (nSPS) is 15.4. The average molecular weight is 258 g/mol. The number of nitrogens with zero attached hydrogens (tertiary/aromatic N) is 3. The Kier molecular flexibility index (Phi) is 2.38. The molecule has 0 radical (unpaired) electrons. The Morgan fingerprint density at radius 3 is 3.13 bits per heavy atom. The Morgan fingerprint density at radius 2 is 2.33 bits per heavy atom. The van der Waals surface area contributed by atoms with Crippen LogP contribution in [0.25, 0.3) is 0 Å². The van der Waals surface area contributed by atoms with Crippen LogP contribution in [0.1, 0.15) is 10.4 Å². The molecule has 1 aliphatic rings. The summed E-state index contributed by atoms with van der Waals surface area (Å²) >= 11 is 8.98. The molecule has 0 fully saturated rings. The summed E-state index contributed by atoms with van der Waals surface area (Å²) in [6.07, 6.45) is 1.08. The van der Waals surface area contributed by atoms with Gasteiger partial charge in [0.25, 0.3) is 0 Å². The van der Waals surface area contributed by atoms with Gasteiger partial charge in [-0.3, -0.25) is 0 Å². The Hall–Kier alpha value is -0.650. The fourth-order valence-electron chi connectivity index (χ4n) is 1.79. The third-order valence-corrected chi connectivity index (χ3v) is 4.44. The third-order valence-electron chi connectivity index (χ3n) is 2.54. The summed E-state index contributed by atoms with van der Waals surface area (Å²) in [5, 5.41) is 2.67. The van der Waals surface area contributed by atoms with E-state index in [1.54, 1.807) is 0 Å². The Labute approximate surface area is 101 Å². The summed E-state index contributed by atoms with van der Waals surface area (Å²) < 4.78 is 8.22. The van der Waals surface area contributed by atoms with Crippen LogP contribution in [-0.2, 0) is 13.0 Å². The van der Waals surface area contributed by atoms with Gasteiger partial charge in [-0.2, -0.15) is 8.75 Å². The number of anilines is 1. The molecule has 3 rings (SSSR count). The molecular formula is C9H8ClN3S2. The highest BCUT2D eigenvalue weighted by atomic mass is 35.5. The topological polar surface area (TPSA) is 29.0 Å². The molecule has 3 nitrogen and oxygen atoms in total. The highest BCUT2D eigenvalue weighted by Crippen LogP contribution is 2.30. The predicted molar refractivity (Wildman–Crippen MR) is 64.0 cm³/mol. The molecule has 0 aliphatic carbocycles. The molecule has 0 unspecified atom stereocenters. The Balaban J connectivity index is 1.90. The lowest BCUT2D eigenvalue weighted by Gasteiger charge is -2.26. The first-order valence-electron chi connectivity index (χ1n) is 4.63. The molecule has 0 N–H and O–H groups in total. The first-order chi connectivity index (χ1) is 7.34. The van der Waals surface area contributed by atoms with Crippen molar-refractivity contribution in [2.45, 2.75) is 13.0 Å². The van der Waals surface area contributed by atoms with Crippen molar-refractivity contribution >= 4 is 40.5 Å². The van der Waals surface area contributed by atoms with Crippen molar-refractivity contribution in [3.63, 3.8) is 0 Å². The van der Waals surface area contributed by atoms with E-state index in [1.807, 2.05) is 11.3 Å². The number of thiophene rings is 1. The van der Waals surface area contributed by atoms with Crippen molar-refractivity contribution in [3.8, 4) is 0 Å². The summed E-state index contributed by atoms with van der Waals surface area (Å²) in [7, 11) is 0. The lowest BCUT2D eigenvalue weighted by molar-refractivity contribution is 0.736. The van der Waals surface area contributed by atoms with Gasteiger partial charge in [0.2, 0.25) is 0 Å². The van der Waals surface area contributed by atoms with E-state index in [4.69, 9.17) is 11.6 Å². The summed E-state index contributed by atoms with van der Waals surface area (Å²) in [6, 6.07) is 2.18. The number of rotatable bonds is 1. The first kappa shape index (κ1) is 9.57. The van der Waals surface area contributed by atoms with Crippen molar-refractivity contribution in [1.29, 1.82) is 0 Å². The van der Waals surface area contributed by atoms with Crippen molar-refractivity contribution in [1.82, 2.24) is 8.75 Å². The Morgan fingerprint density at radius 1 is 1.40 bits per heavy atom. The van der Waals surface area contributed by atoms with E-state index < -0.39 is 0 Å². The van der Waals surface area contributed by atoms with Crippen LogP contribution >= 0.6 is 34.7 Å². The van der Waals surface area contributed by atoms with Crippen molar-refractivity contribution in [2.24, 2.45) is 0 Å². The van der Waals surface area contributed by atoms with E-state index >= 15 is 0 Å². The predicted octanol–water partition coefficient (Wildman–Crippen LogP) is 2.82. The maximum Gasteiger partial charge on any atom is 0.187 e. The summed E-state index contributed by atoms with van der Waals surface area (Å²) in [5.74, 6) is 0.832. The molecule has 15 heavy (non-hydrogen) atoms. The van der Waals surface area contributed by atoms with E-state index in [2.05, 4.69) is 25.1 Å². The average Bonchev–Trinajstić information content (AvgIpc) is 2.84. The highest BCUT2D eigenvalue weighted by molar-refractivity contribution is 7.10. The number of aromatic nitrogens is 2. The standard InChI is InChI=1S/C9H8ClN3S2/c10-8-9(12-15-11-8)13-3-1-7-6(5-13)2-4-14-7/h2,4H,1,3,5H2. The molecule has 3 heterocycles. The number of hydrogen-bond acceptors (Lipinski definition) is 5. The van der Waals surface area contributed by atoms with E-state index in [0.29, 0.717) is 5.15 Å². The molecule has 6 heteroatoms. The van der Waals surface area contributed by atoms with Gasteiger partial charge in [0, 0.05) is 18.0 Å². The van der Waals surface area contributed by atoms with E-state index in [-0.39, 0.29) is 0 Å². The van der Waals surface area contributed by atoms with Gasteiger partial charge in [0.1, 0.15) is 0 Å². The van der Waals surface area contributed by atoms with Crippen molar-refractivity contribution < 1.29 is 0 Å². The second kappa shape index (κ2) is 3.73. The molecule has 2 aromatic rings. The van der Waals surface area contributed by atoms with Crippen LogP contribution in [0.15, 0.2) is 11.4 Å². The third kappa shape index (κ3) is 1.64. The van der Waals surface area contributed by atoms with E-state index in [1.165, 1.54) is 22.2 Å². The molecule has 2 aromatic heterocycles. The van der Waals surface area contributed by atoms with Crippen LogP contribution in [0, 0.1) is 0 Å². The first-order valence-corrected chi connectivity index (χ1v) is 6.61. The van der Waals surface area contributed by atoms with Crippen molar-refractivity contribution in [2.75, 3.05) is 11.4 Å². The lowest BCUT2D eigenvalue weighted by Crippen LogP contribution is -2.29. The van der Waals surface area contributed by atoms with E-state index in [0.717, 1.165) is 25.3 Å². The summed E-state index contributed by atoms with van der Waals surface area (Å²) in [6.45, 7) is 1.89. The van der Waals surface area contributed by atoms with Crippen LogP contribution in [0.3, 0.4) is 0 Å². The molecule has 0 atom stereocenters. The smallest absolute Gasteiger partial charge is 0.187 e. The van der Waals surface area contributed by atoms with Crippen LogP contribution in [0.4, 0.5) is 5.82 Å². The van der Waals surface area contributed by atoms with E-state index in [9.17, 15) is 0 Å². The molecule has 0 saturated heterocycles. The molecule has 1 aliphatic heterocycles. The maximum absolute atomic E-state index is 5.97. The molecular weight excluding hydrogens is 250 g/mol. The van der Waals surface area contributed by atoms with Gasteiger partial charge < -0.3 is 4.90 Å². The van der Waals surface area contributed by atoms with Gasteiger partial charge in [-0.05, 0) is 23.4 Å². The Bertz CT molecular complexity index is 479. The minimum absolute atomic E-state index is 0.527. The minimum atomic E-state index is 0.527. The molecule has 0 spiro atoms. The van der Waals surface area contributed by atoms with Gasteiger partial charge in [0.15, 0.2) is 11.0 Å². The molecule has 0 aromatic carbocycles. The molecule has 78 valence electrons. The van der Waals surface area contributed by atoms with Crippen LogP contribution in [0.5, 0.6) is 0 Å². The zero-order valence-corrected chi connectivity index (χ0v) is 10.2. The second-order valence-corrected chi connectivity index (χ2v) is 5.31. The largest absolute Gasteiger partial charge is 0.348 e. The lowest BCUT2D eigenvalue weighted by atomic mass is 10.1. The molecule has 0 saturated carbocycles. The fraction of sp³-hybridized carbons (Fsp3) is 0.333. The fourth-order valence-corrected chi connectivity index (χ4v) is 3.46. The zero-order valence-electron chi connectivity index (χ0n) is 7.81. The number of halogens is 1. The van der Waals surface area contributed by atoms with Gasteiger partial charge in [-0.15, -0.1) is 11.3 Å². The monoisotopic (exact) mass is 257 g/mol. The SMILES string of the molecule is Clc1nsnc1N1CCc2sccc2C1. The highest BCUT2D eigenvalue weighted by Gasteiger charge is 2.21. The quantitative estimate of drug-likeness (QED) is 0.787. The zero-order chi connectivity index (χ0) is 10.3. The van der Waals surface area contributed by atoms with Gasteiger partial charge in [-0.25, -0.2) is 0 Å². The van der Waals surface area contributed by atoms with Crippen LogP contribution in [-0.4, -0.2) is 15.3 Å². The summed E-state index contributed by atoms with van der Waals surface area (Å²) in [5.41, 5.74) is 1.40. The van der Waals surface area contributed by atoms with Gasteiger partial charge in [-0.1, -0.05) is 11.6 Å². The van der Waals surface area contributed by atoms with Crippen LogP contribution in [0.2, 0.25) is 5.15 Å². The molecule has 0 bridgehead atoms. The molecule has 0 amide bonds. The summed E-state index contributed by atoms with van der Waals surface area (Å²) in [4.78, 5) is 3.69. The second-order valence-electron chi connectivity index (χ2n) is 3.42. The maximum atomic E-state index is 5.97. The van der Waals surface area contributed by atoms with Gasteiger partial charge >= 0.3 is 0 Å². The van der Waals surface area contributed by atoms with Crippen LogP contribution < -0.4 is 4.90 Å². The number of hydrogen-bond donors (Lipinski definition) is 0. The van der Waals surface area contributed by atoms with Gasteiger partial charge in [0.05, 0.1) is 11.7 Å². The van der Waals surface area contributed by atoms with Crippen molar-refractivity contribution in [3.05, 3.63) is 27.0 Å². The minimum Gasteiger partial charge on any atom is -0.348 e.